The summed E-state index contributed by atoms with van der Waals surface area (Å²) in [6.07, 6.45) is 0. The van der Waals surface area contributed by atoms with E-state index in [1.165, 1.54) is 0 Å². The van der Waals surface area contributed by atoms with Gasteiger partial charge in [-0.2, -0.15) is 0 Å². The number of nitrogens with one attached hydrogen (secondary N) is 1. The van der Waals surface area contributed by atoms with Crippen LogP contribution in [-0.2, 0) is 4.79 Å². The van der Waals surface area contributed by atoms with Crippen molar-refractivity contribution in [2.75, 3.05) is 11.9 Å². The highest BCUT2D eigenvalue weighted by Crippen LogP contribution is 2.27. The van der Waals surface area contributed by atoms with Gasteiger partial charge in [0.05, 0.1) is 5.02 Å². The van der Waals surface area contributed by atoms with Crippen molar-refractivity contribution in [2.24, 2.45) is 0 Å². The number of carbonyl (C=O) groups excluding carboxylic acids is 1. The van der Waals surface area contributed by atoms with Gasteiger partial charge in [-0.3, -0.25) is 4.79 Å². The Morgan fingerprint density at radius 2 is 1.95 bits per heavy atom. The van der Waals surface area contributed by atoms with Crippen molar-refractivity contribution < 1.29 is 9.53 Å². The minimum Gasteiger partial charge on any atom is -0.482 e. The first kappa shape index (κ1) is 16.1. The number of hydrogen-bond acceptors (Lipinski definition) is 2. The molecule has 0 aliphatic rings. The summed E-state index contributed by atoms with van der Waals surface area (Å²) >= 11 is 15.3. The third-order valence-electron chi connectivity index (χ3n) is 2.71. The molecule has 3 nitrogen and oxygen atoms in total. The number of rotatable bonds is 4. The Labute approximate surface area is 141 Å². The van der Waals surface area contributed by atoms with Gasteiger partial charge in [-0.1, -0.05) is 45.2 Å². The predicted octanol–water partition coefficient (Wildman–Crippen LogP) is 5.08. The topological polar surface area (TPSA) is 38.3 Å². The quantitative estimate of drug-likeness (QED) is 0.792. The predicted molar refractivity (Wildman–Crippen MR) is 89.5 cm³/mol. The second-order valence-corrected chi connectivity index (χ2v) is 6.11. The maximum absolute atomic E-state index is 11.8. The molecular weight excluding hydrogens is 377 g/mol. The zero-order valence-corrected chi connectivity index (χ0v) is 14.2. The van der Waals surface area contributed by atoms with Crippen LogP contribution >= 0.6 is 39.1 Å². The highest BCUT2D eigenvalue weighted by atomic mass is 79.9. The lowest BCUT2D eigenvalue weighted by Gasteiger charge is -2.09. The molecule has 1 N–H and O–H groups in total. The van der Waals surface area contributed by atoms with E-state index < -0.39 is 0 Å². The average Bonchev–Trinajstić information content (AvgIpc) is 2.42. The first-order valence-electron chi connectivity index (χ1n) is 6.09. The highest BCUT2D eigenvalue weighted by Gasteiger charge is 2.07. The zero-order chi connectivity index (χ0) is 15.4. The second-order valence-electron chi connectivity index (χ2n) is 4.38. The molecule has 21 heavy (non-hydrogen) atoms. The van der Waals surface area contributed by atoms with E-state index in [9.17, 15) is 4.79 Å². The lowest BCUT2D eigenvalue weighted by Crippen LogP contribution is -2.20. The molecule has 110 valence electrons. The molecule has 2 aromatic rings. The van der Waals surface area contributed by atoms with Crippen LogP contribution in [-0.4, -0.2) is 12.5 Å². The lowest BCUT2D eigenvalue weighted by molar-refractivity contribution is -0.118. The number of amides is 1. The Hall–Kier alpha value is -1.23. The lowest BCUT2D eigenvalue weighted by atomic mass is 10.2. The summed E-state index contributed by atoms with van der Waals surface area (Å²) in [7, 11) is 0. The molecule has 0 aromatic heterocycles. The molecule has 0 unspecified atom stereocenters. The summed E-state index contributed by atoms with van der Waals surface area (Å²) in [6.45, 7) is 1.76. The van der Waals surface area contributed by atoms with Crippen LogP contribution < -0.4 is 10.1 Å². The molecule has 0 atom stereocenters. The maximum Gasteiger partial charge on any atom is 0.262 e. The molecule has 0 aliphatic heterocycles. The van der Waals surface area contributed by atoms with Crippen molar-refractivity contribution in [2.45, 2.75) is 6.92 Å². The summed E-state index contributed by atoms with van der Waals surface area (Å²) in [5.74, 6) is 0.172. The van der Waals surface area contributed by atoms with Gasteiger partial charge < -0.3 is 10.1 Å². The van der Waals surface area contributed by atoms with Crippen molar-refractivity contribution in [3.05, 3.63) is 56.5 Å². The van der Waals surface area contributed by atoms with Crippen LogP contribution in [0, 0.1) is 6.92 Å². The number of anilines is 1. The van der Waals surface area contributed by atoms with Crippen LogP contribution in [0.2, 0.25) is 10.0 Å². The molecule has 0 bridgehead atoms. The van der Waals surface area contributed by atoms with Crippen LogP contribution in [0.5, 0.6) is 5.75 Å². The van der Waals surface area contributed by atoms with Gasteiger partial charge in [0.1, 0.15) is 5.75 Å². The highest BCUT2D eigenvalue weighted by molar-refractivity contribution is 9.10. The summed E-state index contributed by atoms with van der Waals surface area (Å²) in [4.78, 5) is 11.8. The fourth-order valence-corrected chi connectivity index (χ4v) is 2.51. The van der Waals surface area contributed by atoms with E-state index in [4.69, 9.17) is 27.9 Å². The normalized spacial score (nSPS) is 10.3. The van der Waals surface area contributed by atoms with Crippen molar-refractivity contribution in [1.29, 1.82) is 0 Å². The molecule has 1 amide bonds. The Morgan fingerprint density at radius 1 is 1.19 bits per heavy atom. The Kier molecular flexibility index (Phi) is 5.51. The minimum absolute atomic E-state index is 0.132. The molecule has 0 heterocycles. The number of ether oxygens (including phenoxy) is 1. The SMILES string of the molecule is Cc1ccc(NC(=O)COc2ccc(Br)cc2Cl)cc1Cl. The van der Waals surface area contributed by atoms with E-state index in [-0.39, 0.29) is 12.5 Å². The van der Waals surface area contributed by atoms with E-state index in [1.54, 1.807) is 30.3 Å². The van der Waals surface area contributed by atoms with Gasteiger partial charge in [0, 0.05) is 15.2 Å². The zero-order valence-electron chi connectivity index (χ0n) is 11.1. The summed E-state index contributed by atoms with van der Waals surface area (Å²) < 4.78 is 6.23. The van der Waals surface area contributed by atoms with Crippen LogP contribution in [0.3, 0.4) is 0 Å². The Morgan fingerprint density at radius 3 is 2.62 bits per heavy atom. The van der Waals surface area contributed by atoms with Gasteiger partial charge in [0.15, 0.2) is 6.61 Å². The average molecular weight is 389 g/mol. The van der Waals surface area contributed by atoms with Gasteiger partial charge in [-0.05, 0) is 42.8 Å². The molecule has 2 aromatic carbocycles. The fourth-order valence-electron chi connectivity index (χ4n) is 1.60. The van der Waals surface area contributed by atoms with Crippen LogP contribution in [0.15, 0.2) is 40.9 Å². The van der Waals surface area contributed by atoms with Crippen molar-refractivity contribution in [3.63, 3.8) is 0 Å². The van der Waals surface area contributed by atoms with Crippen molar-refractivity contribution in [1.82, 2.24) is 0 Å². The number of halogens is 3. The molecular formula is C15H12BrCl2NO2. The van der Waals surface area contributed by atoms with Gasteiger partial charge in [-0.15, -0.1) is 0 Å². The smallest absolute Gasteiger partial charge is 0.262 e. The number of hydrogen-bond donors (Lipinski definition) is 1. The second kappa shape index (κ2) is 7.16. The first-order valence-corrected chi connectivity index (χ1v) is 7.64. The maximum atomic E-state index is 11.8. The Balaban J connectivity index is 1.94. The van der Waals surface area contributed by atoms with E-state index in [1.807, 2.05) is 13.0 Å². The molecule has 0 spiro atoms. The summed E-state index contributed by atoms with van der Waals surface area (Å²) in [5, 5.41) is 3.75. The van der Waals surface area contributed by atoms with Crippen LogP contribution in [0.4, 0.5) is 5.69 Å². The first-order chi connectivity index (χ1) is 9.95. The monoisotopic (exact) mass is 387 g/mol. The van der Waals surface area contributed by atoms with Crippen LogP contribution in [0.1, 0.15) is 5.56 Å². The van der Waals surface area contributed by atoms with Crippen LogP contribution in [0.25, 0.3) is 0 Å². The molecule has 2 rings (SSSR count). The molecule has 6 heteroatoms. The molecule has 0 saturated carbocycles. The van der Waals surface area contributed by atoms with Gasteiger partial charge in [0.25, 0.3) is 5.91 Å². The third-order valence-corrected chi connectivity index (χ3v) is 3.90. The van der Waals surface area contributed by atoms with E-state index in [2.05, 4.69) is 21.2 Å². The van der Waals surface area contributed by atoms with E-state index in [0.29, 0.717) is 21.5 Å². The molecule has 0 aliphatic carbocycles. The van der Waals surface area contributed by atoms with E-state index >= 15 is 0 Å². The van der Waals surface area contributed by atoms with Crippen molar-refractivity contribution in [3.8, 4) is 5.75 Å². The fraction of sp³-hybridized carbons (Fsp3) is 0.133. The van der Waals surface area contributed by atoms with Gasteiger partial charge in [-0.25, -0.2) is 0 Å². The largest absolute Gasteiger partial charge is 0.482 e. The molecule has 0 radical (unpaired) electrons. The minimum atomic E-state index is -0.283. The van der Waals surface area contributed by atoms with E-state index in [0.717, 1.165) is 10.0 Å². The Bertz CT molecular complexity index is 677. The third kappa shape index (κ3) is 4.63. The van der Waals surface area contributed by atoms with Gasteiger partial charge in [0.2, 0.25) is 0 Å². The number of carbonyl (C=O) groups is 1. The molecule has 0 fully saturated rings. The molecule has 0 saturated heterocycles. The summed E-state index contributed by atoms with van der Waals surface area (Å²) in [5.41, 5.74) is 1.58. The number of benzene rings is 2. The van der Waals surface area contributed by atoms with Crippen molar-refractivity contribution >= 4 is 50.7 Å². The number of aryl methyl sites for hydroxylation is 1. The summed E-state index contributed by atoms with van der Waals surface area (Å²) in [6, 6.07) is 10.5. The van der Waals surface area contributed by atoms with Gasteiger partial charge >= 0.3 is 0 Å². The standard InChI is InChI=1S/C15H12BrCl2NO2/c1-9-2-4-11(7-12(9)17)19-15(20)8-21-14-5-3-10(16)6-13(14)18/h2-7H,8H2,1H3,(H,19,20).